The average Bonchev–Trinajstić information content (AvgIpc) is 2.37. The fraction of sp³-hybridized carbons (Fsp3) is 0.933. The van der Waals surface area contributed by atoms with E-state index in [-0.39, 0.29) is 30.3 Å². The van der Waals surface area contributed by atoms with Crippen LogP contribution in [0, 0.1) is 0 Å². The van der Waals surface area contributed by atoms with Crippen LogP contribution in [0.5, 0.6) is 0 Å². The molecule has 1 amide bonds. The molecule has 5 heteroatoms. The second kappa shape index (κ2) is 6.87. The van der Waals surface area contributed by atoms with Crippen LogP contribution in [0.2, 0.25) is 0 Å². The first-order chi connectivity index (χ1) is 9.47. The highest BCUT2D eigenvalue weighted by atomic mass is 16.5. The van der Waals surface area contributed by atoms with E-state index in [1.807, 2.05) is 30.7 Å². The Bertz CT molecular complexity index is 327. The number of hydrogen-bond donors (Lipinski definition) is 1. The van der Waals surface area contributed by atoms with Crippen LogP contribution in [0.25, 0.3) is 0 Å². The number of carbonyl (C=O) groups is 1. The van der Waals surface area contributed by atoms with Crippen molar-refractivity contribution in [1.82, 2.24) is 9.80 Å². The van der Waals surface area contributed by atoms with Gasteiger partial charge in [-0.1, -0.05) is 12.8 Å². The van der Waals surface area contributed by atoms with E-state index in [0.717, 1.165) is 25.7 Å². The molecular weight excluding hydrogens is 256 g/mol. The molecule has 20 heavy (non-hydrogen) atoms. The molecule has 2 rings (SSSR count). The minimum atomic E-state index is -0.288. The lowest BCUT2D eigenvalue weighted by Crippen LogP contribution is -2.53. The van der Waals surface area contributed by atoms with Crippen LogP contribution >= 0.6 is 0 Å². The molecule has 4 atom stereocenters. The number of nitrogens with zero attached hydrogens (tertiary/aromatic N) is 2. The van der Waals surface area contributed by atoms with Gasteiger partial charge in [-0.15, -0.1) is 0 Å². The third kappa shape index (κ3) is 3.93. The summed E-state index contributed by atoms with van der Waals surface area (Å²) in [6, 6.07) is 0.128. The lowest BCUT2D eigenvalue weighted by atomic mass is 9.91. The van der Waals surface area contributed by atoms with Crippen LogP contribution in [-0.4, -0.2) is 71.8 Å². The molecule has 1 N–H and O–H groups in total. The molecule has 1 saturated heterocycles. The Morgan fingerprint density at radius 1 is 1.25 bits per heavy atom. The summed E-state index contributed by atoms with van der Waals surface area (Å²) in [7, 11) is 1.95. The normalized spacial score (nSPS) is 35.4. The predicted molar refractivity (Wildman–Crippen MR) is 77.5 cm³/mol. The summed E-state index contributed by atoms with van der Waals surface area (Å²) >= 11 is 0. The SMILES string of the molecule is CC1CN(C(=O)CN(C)C2CCCCC2O)CC(C)O1. The standard InChI is InChI=1S/C15H28N2O3/c1-11-8-17(9-12(2)20-11)15(19)10-16(3)13-6-4-5-7-14(13)18/h11-14,18H,4-10H2,1-3H3. The number of hydrogen-bond acceptors (Lipinski definition) is 4. The van der Waals surface area contributed by atoms with Crippen molar-refractivity contribution in [3.8, 4) is 0 Å². The van der Waals surface area contributed by atoms with E-state index in [1.165, 1.54) is 0 Å². The Morgan fingerprint density at radius 3 is 2.45 bits per heavy atom. The van der Waals surface area contributed by atoms with Crippen LogP contribution in [-0.2, 0) is 9.53 Å². The van der Waals surface area contributed by atoms with Crippen LogP contribution in [0.15, 0.2) is 0 Å². The van der Waals surface area contributed by atoms with Crippen LogP contribution in [0.3, 0.4) is 0 Å². The van der Waals surface area contributed by atoms with Gasteiger partial charge in [-0.25, -0.2) is 0 Å². The average molecular weight is 284 g/mol. The molecule has 1 saturated carbocycles. The second-order valence-electron chi connectivity index (χ2n) is 6.39. The minimum Gasteiger partial charge on any atom is -0.391 e. The quantitative estimate of drug-likeness (QED) is 0.835. The largest absolute Gasteiger partial charge is 0.391 e. The summed E-state index contributed by atoms with van der Waals surface area (Å²) in [5.41, 5.74) is 0. The van der Waals surface area contributed by atoms with E-state index >= 15 is 0 Å². The zero-order chi connectivity index (χ0) is 14.7. The summed E-state index contributed by atoms with van der Waals surface area (Å²) in [5, 5.41) is 10.1. The summed E-state index contributed by atoms with van der Waals surface area (Å²) < 4.78 is 5.66. The van der Waals surface area contributed by atoms with E-state index in [0.29, 0.717) is 19.6 Å². The van der Waals surface area contributed by atoms with Gasteiger partial charge in [-0.3, -0.25) is 9.69 Å². The number of morpholine rings is 1. The van der Waals surface area contributed by atoms with Crippen molar-refractivity contribution in [2.24, 2.45) is 0 Å². The number of carbonyl (C=O) groups excluding carboxylic acids is 1. The molecule has 0 aromatic heterocycles. The topological polar surface area (TPSA) is 53.0 Å². The Morgan fingerprint density at radius 2 is 1.85 bits per heavy atom. The van der Waals surface area contributed by atoms with Crippen LogP contribution in [0.1, 0.15) is 39.5 Å². The van der Waals surface area contributed by atoms with Crippen molar-refractivity contribution >= 4 is 5.91 Å². The van der Waals surface area contributed by atoms with Crippen LogP contribution < -0.4 is 0 Å². The van der Waals surface area contributed by atoms with Crippen molar-refractivity contribution in [3.05, 3.63) is 0 Å². The monoisotopic (exact) mass is 284 g/mol. The van der Waals surface area contributed by atoms with Gasteiger partial charge in [0.05, 0.1) is 24.9 Å². The van der Waals surface area contributed by atoms with Crippen molar-refractivity contribution < 1.29 is 14.6 Å². The number of likely N-dealkylation sites (N-methyl/N-ethyl adjacent to an activating group) is 1. The fourth-order valence-corrected chi connectivity index (χ4v) is 3.42. The lowest BCUT2D eigenvalue weighted by molar-refractivity contribution is -0.145. The van der Waals surface area contributed by atoms with Gasteiger partial charge in [0.15, 0.2) is 0 Å². The van der Waals surface area contributed by atoms with Crippen molar-refractivity contribution in [1.29, 1.82) is 0 Å². The number of ether oxygens (including phenoxy) is 1. The molecule has 1 aliphatic carbocycles. The van der Waals surface area contributed by atoms with E-state index in [2.05, 4.69) is 0 Å². The molecule has 0 aromatic carbocycles. The maximum atomic E-state index is 12.4. The van der Waals surface area contributed by atoms with Gasteiger partial charge >= 0.3 is 0 Å². The maximum absolute atomic E-state index is 12.4. The highest BCUT2D eigenvalue weighted by molar-refractivity contribution is 5.78. The molecule has 4 unspecified atom stereocenters. The smallest absolute Gasteiger partial charge is 0.236 e. The number of aliphatic hydroxyl groups is 1. The third-order valence-corrected chi connectivity index (χ3v) is 4.42. The molecule has 1 aliphatic heterocycles. The summed E-state index contributed by atoms with van der Waals surface area (Å²) in [6.45, 7) is 5.74. The number of aliphatic hydroxyl groups excluding tert-OH is 1. The van der Waals surface area contributed by atoms with Gasteiger partial charge in [-0.2, -0.15) is 0 Å². The van der Waals surface area contributed by atoms with Gasteiger partial charge in [0.2, 0.25) is 5.91 Å². The highest BCUT2D eigenvalue weighted by Crippen LogP contribution is 2.22. The maximum Gasteiger partial charge on any atom is 0.236 e. The second-order valence-corrected chi connectivity index (χ2v) is 6.39. The first kappa shape index (κ1) is 15.7. The molecular formula is C15H28N2O3. The number of amides is 1. The van der Waals surface area contributed by atoms with Gasteiger partial charge in [0, 0.05) is 19.1 Å². The molecule has 0 bridgehead atoms. The van der Waals surface area contributed by atoms with E-state index in [4.69, 9.17) is 4.74 Å². The summed E-state index contributed by atoms with van der Waals surface area (Å²) in [5.74, 6) is 0.146. The number of rotatable bonds is 3. The predicted octanol–water partition coefficient (Wildman–Crippen LogP) is 0.857. The van der Waals surface area contributed by atoms with Crippen molar-refractivity contribution in [3.63, 3.8) is 0 Å². The highest BCUT2D eigenvalue weighted by Gasteiger charge is 2.30. The molecule has 0 radical (unpaired) electrons. The zero-order valence-corrected chi connectivity index (χ0v) is 12.9. The van der Waals surface area contributed by atoms with Gasteiger partial charge in [-0.05, 0) is 33.7 Å². The third-order valence-electron chi connectivity index (χ3n) is 4.42. The molecule has 116 valence electrons. The van der Waals surface area contributed by atoms with Crippen LogP contribution in [0.4, 0.5) is 0 Å². The molecule has 5 nitrogen and oxygen atoms in total. The first-order valence-corrected chi connectivity index (χ1v) is 7.79. The fourth-order valence-electron chi connectivity index (χ4n) is 3.42. The molecule has 1 heterocycles. The lowest BCUT2D eigenvalue weighted by Gasteiger charge is -2.38. The van der Waals surface area contributed by atoms with Crippen molar-refractivity contribution in [2.45, 2.75) is 63.9 Å². The van der Waals surface area contributed by atoms with Crippen molar-refractivity contribution in [2.75, 3.05) is 26.7 Å². The molecule has 0 spiro atoms. The summed E-state index contributed by atoms with van der Waals surface area (Å²) in [4.78, 5) is 16.3. The summed E-state index contributed by atoms with van der Waals surface area (Å²) in [6.07, 6.45) is 4.00. The van der Waals surface area contributed by atoms with E-state index < -0.39 is 0 Å². The molecule has 2 aliphatic rings. The Labute approximate surface area is 121 Å². The molecule has 0 aromatic rings. The van der Waals surface area contributed by atoms with E-state index in [1.54, 1.807) is 0 Å². The molecule has 2 fully saturated rings. The van der Waals surface area contributed by atoms with Gasteiger partial charge in [0.25, 0.3) is 0 Å². The van der Waals surface area contributed by atoms with Gasteiger partial charge < -0.3 is 14.7 Å². The zero-order valence-electron chi connectivity index (χ0n) is 12.9. The Kier molecular flexibility index (Phi) is 5.41. The first-order valence-electron chi connectivity index (χ1n) is 7.79. The Hall–Kier alpha value is -0.650. The van der Waals surface area contributed by atoms with E-state index in [9.17, 15) is 9.90 Å². The Balaban J connectivity index is 1.86. The van der Waals surface area contributed by atoms with Gasteiger partial charge in [0.1, 0.15) is 0 Å². The minimum absolute atomic E-state index is 0.105.